The van der Waals surface area contributed by atoms with Gasteiger partial charge in [-0.15, -0.1) is 0 Å². The van der Waals surface area contributed by atoms with Gasteiger partial charge in [-0.3, -0.25) is 0 Å². The summed E-state index contributed by atoms with van der Waals surface area (Å²) in [4.78, 5) is 2.34. The third-order valence-corrected chi connectivity index (χ3v) is 7.97. The van der Waals surface area contributed by atoms with Crippen molar-refractivity contribution in [3.8, 4) is 16.8 Å². The molecule has 1 heterocycles. The molecule has 0 aliphatic carbocycles. The van der Waals surface area contributed by atoms with Gasteiger partial charge in [0.1, 0.15) is 0 Å². The van der Waals surface area contributed by atoms with Gasteiger partial charge in [0.05, 0.1) is 11.0 Å². The molecule has 0 bridgehead atoms. The van der Waals surface area contributed by atoms with E-state index in [0.29, 0.717) is 0 Å². The molecule has 0 atom stereocenters. The summed E-state index contributed by atoms with van der Waals surface area (Å²) < 4.78 is 3.60. The van der Waals surface area contributed by atoms with Crippen LogP contribution in [0.1, 0.15) is 0 Å². The lowest BCUT2D eigenvalue weighted by molar-refractivity contribution is 1.18. The van der Waals surface area contributed by atoms with E-state index in [1.54, 1.807) is 0 Å². The van der Waals surface area contributed by atoms with Crippen molar-refractivity contribution in [3.05, 3.63) is 155 Å². The molecule has 2 nitrogen and oxygen atoms in total. The molecule has 0 saturated heterocycles. The number of benzene rings is 6. The molecule has 0 aliphatic rings. The third kappa shape index (κ3) is 4.39. The maximum atomic E-state index is 2.36. The van der Waals surface area contributed by atoms with Crippen molar-refractivity contribution in [2.24, 2.45) is 0 Å². The van der Waals surface area contributed by atoms with E-state index >= 15 is 0 Å². The lowest BCUT2D eigenvalue weighted by Gasteiger charge is -2.26. The minimum Gasteiger partial charge on any atom is -0.310 e. The third-order valence-electron chi connectivity index (χ3n) is 7.25. The van der Waals surface area contributed by atoms with Crippen LogP contribution in [0.2, 0.25) is 0 Å². The number of fused-ring (bicyclic) bond motifs is 3. The Balaban J connectivity index is 1.39. The van der Waals surface area contributed by atoms with Gasteiger partial charge in [0, 0.05) is 37.1 Å². The maximum absolute atomic E-state index is 2.36. The molecule has 0 fully saturated rings. The second kappa shape index (κ2) is 10.1. The van der Waals surface area contributed by atoms with Crippen LogP contribution in [-0.4, -0.2) is 4.57 Å². The van der Waals surface area contributed by atoms with Gasteiger partial charge in [-0.05, 0) is 107 Å². The lowest BCUT2D eigenvalue weighted by Crippen LogP contribution is -2.09. The lowest BCUT2D eigenvalue weighted by atomic mass is 10.0. The zero-order valence-electron chi connectivity index (χ0n) is 21.2. The monoisotopic (exact) mass is 612 g/mol. The molecule has 0 radical (unpaired) electrons. The Labute approximate surface area is 241 Å². The van der Waals surface area contributed by atoms with Crippen LogP contribution in [0, 0.1) is 3.57 Å². The van der Waals surface area contributed by atoms with Crippen LogP contribution in [-0.2, 0) is 0 Å². The van der Waals surface area contributed by atoms with Crippen molar-refractivity contribution >= 4 is 61.5 Å². The molecule has 0 aliphatic heterocycles. The van der Waals surface area contributed by atoms with Gasteiger partial charge >= 0.3 is 0 Å². The zero-order chi connectivity index (χ0) is 26.2. The molecular weight excluding hydrogens is 587 g/mol. The highest BCUT2D eigenvalue weighted by atomic mass is 127. The Bertz CT molecular complexity index is 1890. The first kappa shape index (κ1) is 23.7. The molecule has 0 saturated carbocycles. The number of para-hydroxylation sites is 3. The molecule has 39 heavy (non-hydrogen) atoms. The Morgan fingerprint density at radius 1 is 0.436 bits per heavy atom. The van der Waals surface area contributed by atoms with Gasteiger partial charge in [-0.25, -0.2) is 0 Å². The first-order valence-electron chi connectivity index (χ1n) is 13.1. The van der Waals surface area contributed by atoms with Crippen LogP contribution in [0.15, 0.2) is 152 Å². The normalized spacial score (nSPS) is 11.2. The SMILES string of the molecule is Ic1ccc(-c2ccc(N(c3ccccc3)c3ccc4c(c3)c3ccccc3n4-c3ccccc3)cc2)cc1. The van der Waals surface area contributed by atoms with Gasteiger partial charge < -0.3 is 9.47 Å². The number of hydrogen-bond acceptors (Lipinski definition) is 1. The second-order valence-corrected chi connectivity index (χ2v) is 10.9. The van der Waals surface area contributed by atoms with Gasteiger partial charge in [0.15, 0.2) is 0 Å². The summed E-state index contributed by atoms with van der Waals surface area (Å²) in [5, 5.41) is 2.49. The maximum Gasteiger partial charge on any atom is 0.0542 e. The number of rotatable bonds is 5. The van der Waals surface area contributed by atoms with Crippen LogP contribution < -0.4 is 4.90 Å². The minimum atomic E-state index is 1.13. The first-order valence-corrected chi connectivity index (χ1v) is 14.1. The van der Waals surface area contributed by atoms with Gasteiger partial charge in [-0.1, -0.05) is 78.9 Å². The fourth-order valence-electron chi connectivity index (χ4n) is 5.42. The average molecular weight is 613 g/mol. The molecule has 7 rings (SSSR count). The number of aromatic nitrogens is 1. The summed E-state index contributed by atoms with van der Waals surface area (Å²) in [5.74, 6) is 0. The summed E-state index contributed by atoms with van der Waals surface area (Å²) in [6.07, 6.45) is 0. The molecule has 0 spiro atoms. The van der Waals surface area contributed by atoms with Crippen molar-refractivity contribution in [1.82, 2.24) is 4.57 Å². The Kier molecular flexibility index (Phi) is 6.14. The van der Waals surface area contributed by atoms with Crippen molar-refractivity contribution in [3.63, 3.8) is 0 Å². The second-order valence-electron chi connectivity index (χ2n) is 9.61. The number of nitrogens with zero attached hydrogens (tertiary/aromatic N) is 2. The van der Waals surface area contributed by atoms with Crippen LogP contribution >= 0.6 is 22.6 Å². The van der Waals surface area contributed by atoms with E-state index in [-0.39, 0.29) is 0 Å². The van der Waals surface area contributed by atoms with Crippen LogP contribution in [0.4, 0.5) is 17.1 Å². The van der Waals surface area contributed by atoms with E-state index in [9.17, 15) is 0 Å². The fourth-order valence-corrected chi connectivity index (χ4v) is 5.78. The Morgan fingerprint density at radius 3 is 1.69 bits per heavy atom. The molecule has 6 aromatic carbocycles. The molecule has 186 valence electrons. The van der Waals surface area contributed by atoms with Crippen molar-refractivity contribution in [2.75, 3.05) is 4.90 Å². The summed E-state index contributed by atoms with van der Waals surface area (Å²) in [6, 6.07) is 54.3. The number of hydrogen-bond donors (Lipinski definition) is 0. The average Bonchev–Trinajstić information content (AvgIpc) is 3.33. The zero-order valence-corrected chi connectivity index (χ0v) is 23.4. The highest BCUT2D eigenvalue weighted by molar-refractivity contribution is 14.1. The highest BCUT2D eigenvalue weighted by Crippen LogP contribution is 2.40. The summed E-state index contributed by atoms with van der Waals surface area (Å²) in [7, 11) is 0. The van der Waals surface area contributed by atoms with E-state index in [4.69, 9.17) is 0 Å². The van der Waals surface area contributed by atoms with E-state index in [1.165, 1.54) is 42.2 Å². The van der Waals surface area contributed by atoms with Crippen molar-refractivity contribution in [2.45, 2.75) is 0 Å². The van der Waals surface area contributed by atoms with Crippen LogP contribution in [0.5, 0.6) is 0 Å². The van der Waals surface area contributed by atoms with Gasteiger partial charge in [-0.2, -0.15) is 0 Å². The summed E-state index contributed by atoms with van der Waals surface area (Å²) in [5.41, 5.74) is 9.41. The quantitative estimate of drug-likeness (QED) is 0.176. The summed E-state index contributed by atoms with van der Waals surface area (Å²) in [6.45, 7) is 0. The topological polar surface area (TPSA) is 8.17 Å². The van der Waals surface area contributed by atoms with E-state index in [0.717, 1.165) is 17.1 Å². The summed E-state index contributed by atoms with van der Waals surface area (Å²) >= 11 is 2.35. The number of halogens is 1. The first-order chi connectivity index (χ1) is 19.3. The molecule has 0 N–H and O–H groups in total. The minimum absolute atomic E-state index is 1.13. The van der Waals surface area contributed by atoms with Crippen molar-refractivity contribution in [1.29, 1.82) is 0 Å². The molecule has 7 aromatic rings. The molecular formula is C36H25IN2. The molecule has 1 aromatic heterocycles. The van der Waals surface area contributed by atoms with E-state index in [1.807, 2.05) is 0 Å². The molecule has 0 amide bonds. The fraction of sp³-hybridized carbons (Fsp3) is 0. The van der Waals surface area contributed by atoms with Gasteiger partial charge in [0.2, 0.25) is 0 Å². The molecule has 0 unspecified atom stereocenters. The highest BCUT2D eigenvalue weighted by Gasteiger charge is 2.17. The van der Waals surface area contributed by atoms with E-state index < -0.39 is 0 Å². The predicted molar refractivity (Wildman–Crippen MR) is 174 cm³/mol. The predicted octanol–water partition coefficient (Wildman–Crippen LogP) is 10.5. The van der Waals surface area contributed by atoms with Crippen molar-refractivity contribution < 1.29 is 0 Å². The van der Waals surface area contributed by atoms with E-state index in [2.05, 4.69) is 184 Å². The standard InChI is InChI=1S/C36H25IN2/c37-28-19-15-26(16-20-28)27-17-21-31(22-18-27)38(29-9-3-1-4-10-29)32-23-24-36-34(25-32)33-13-7-8-14-35(33)39(36)30-11-5-2-6-12-30/h1-25H. The Morgan fingerprint density at radius 2 is 0.974 bits per heavy atom. The van der Waals surface area contributed by atoms with Crippen LogP contribution in [0.25, 0.3) is 38.6 Å². The number of anilines is 3. The molecule has 3 heteroatoms. The Hall–Kier alpha value is -4.35. The van der Waals surface area contributed by atoms with Gasteiger partial charge in [0.25, 0.3) is 0 Å². The smallest absolute Gasteiger partial charge is 0.0542 e. The largest absolute Gasteiger partial charge is 0.310 e. The van der Waals surface area contributed by atoms with Crippen LogP contribution in [0.3, 0.4) is 0 Å².